The van der Waals surface area contributed by atoms with Gasteiger partial charge in [0.15, 0.2) is 5.11 Å². The molecular weight excluding hydrogens is 436 g/mol. The van der Waals surface area contributed by atoms with Crippen molar-refractivity contribution in [2.45, 2.75) is 19.9 Å². The lowest BCUT2D eigenvalue weighted by atomic mass is 9.95. The lowest BCUT2D eigenvalue weighted by Gasteiger charge is -2.35. The Morgan fingerprint density at radius 1 is 1.10 bits per heavy atom. The summed E-state index contributed by atoms with van der Waals surface area (Å²) in [5.41, 5.74) is 4.13. The molecule has 0 saturated heterocycles. The maximum atomic E-state index is 12.4. The zero-order valence-electron chi connectivity index (χ0n) is 17.6. The van der Waals surface area contributed by atoms with Crippen LogP contribution in [0.25, 0.3) is 0 Å². The van der Waals surface area contributed by atoms with Gasteiger partial charge in [0, 0.05) is 29.1 Å². The Hall–Kier alpha value is -3.10. The lowest BCUT2D eigenvalue weighted by Crippen LogP contribution is -2.46. The molecule has 1 heterocycles. The van der Waals surface area contributed by atoms with Crippen LogP contribution in [-0.2, 0) is 9.53 Å². The second-order valence-corrected chi connectivity index (χ2v) is 7.89. The first-order valence-electron chi connectivity index (χ1n) is 9.48. The molecule has 0 saturated carbocycles. The number of aryl methyl sites for hydroxylation is 1. The summed E-state index contributed by atoms with van der Waals surface area (Å²) in [6.07, 6.45) is 0. The van der Waals surface area contributed by atoms with E-state index >= 15 is 0 Å². The molecule has 1 unspecified atom stereocenters. The lowest BCUT2D eigenvalue weighted by molar-refractivity contribution is -0.136. The van der Waals surface area contributed by atoms with Crippen molar-refractivity contribution in [2.24, 2.45) is 0 Å². The molecule has 2 aromatic rings. The number of halogens is 1. The van der Waals surface area contributed by atoms with Gasteiger partial charge in [0.25, 0.3) is 0 Å². The van der Waals surface area contributed by atoms with Gasteiger partial charge < -0.3 is 25.6 Å². The molecule has 9 heteroatoms. The smallest absolute Gasteiger partial charge is 0.337 e. The number of carbonyl (C=O) groups excluding carboxylic acids is 2. The number of nitrogens with one attached hydrogen (secondary N) is 3. The van der Waals surface area contributed by atoms with Gasteiger partial charge in [-0.3, -0.25) is 0 Å². The Labute approximate surface area is 191 Å². The predicted molar refractivity (Wildman–Crippen MR) is 126 cm³/mol. The van der Waals surface area contributed by atoms with Crippen LogP contribution in [0.2, 0.25) is 5.02 Å². The summed E-state index contributed by atoms with van der Waals surface area (Å²) in [5, 5.41) is 9.77. The van der Waals surface area contributed by atoms with E-state index in [0.29, 0.717) is 27.1 Å². The number of benzene rings is 2. The summed E-state index contributed by atoms with van der Waals surface area (Å²) >= 11 is 11.5. The van der Waals surface area contributed by atoms with Gasteiger partial charge in [0.05, 0.1) is 18.7 Å². The third-order valence-electron chi connectivity index (χ3n) is 5.09. The molecule has 0 radical (unpaired) electrons. The van der Waals surface area contributed by atoms with Crippen LogP contribution >= 0.6 is 23.8 Å². The van der Waals surface area contributed by atoms with Crippen molar-refractivity contribution < 1.29 is 14.3 Å². The van der Waals surface area contributed by atoms with E-state index in [1.807, 2.05) is 32.0 Å². The van der Waals surface area contributed by atoms with Gasteiger partial charge in [-0.15, -0.1) is 0 Å². The van der Waals surface area contributed by atoms with Gasteiger partial charge in [-0.1, -0.05) is 29.8 Å². The first-order chi connectivity index (χ1) is 14.7. The zero-order chi connectivity index (χ0) is 22.7. The fourth-order valence-corrected chi connectivity index (χ4v) is 3.62. The Bertz CT molecular complexity index is 1070. The number of urea groups is 1. The van der Waals surface area contributed by atoms with E-state index in [4.69, 9.17) is 28.6 Å². The molecule has 0 fully saturated rings. The van der Waals surface area contributed by atoms with Crippen LogP contribution in [0.5, 0.6) is 0 Å². The first kappa shape index (κ1) is 22.6. The van der Waals surface area contributed by atoms with E-state index in [2.05, 4.69) is 16.0 Å². The molecule has 0 aromatic heterocycles. The Morgan fingerprint density at radius 3 is 2.32 bits per heavy atom. The SMILES string of the molecule is COC(=O)C1=C(C)N(C)C(=S)NC1c1ccc(NC(=O)Nc2ccc(C)c(Cl)c2)cc1. The van der Waals surface area contributed by atoms with Crippen molar-refractivity contribution >= 4 is 52.3 Å². The van der Waals surface area contributed by atoms with Gasteiger partial charge >= 0.3 is 12.0 Å². The number of allylic oxidation sites excluding steroid dienone is 1. The molecule has 31 heavy (non-hydrogen) atoms. The highest BCUT2D eigenvalue weighted by atomic mass is 35.5. The summed E-state index contributed by atoms with van der Waals surface area (Å²) in [5.74, 6) is -0.428. The zero-order valence-corrected chi connectivity index (χ0v) is 19.1. The third kappa shape index (κ3) is 4.98. The van der Waals surface area contributed by atoms with Gasteiger partial charge in [-0.25, -0.2) is 9.59 Å². The molecule has 0 bridgehead atoms. The molecule has 2 aromatic carbocycles. The first-order valence-corrected chi connectivity index (χ1v) is 10.3. The number of hydrogen-bond donors (Lipinski definition) is 3. The Kier molecular flexibility index (Phi) is 6.82. The minimum Gasteiger partial charge on any atom is -0.466 e. The van der Waals surface area contributed by atoms with Crippen molar-refractivity contribution in [3.05, 3.63) is 69.9 Å². The molecule has 1 aliphatic rings. The number of rotatable bonds is 4. The molecule has 0 aliphatic carbocycles. The number of thiocarbonyl (C=S) groups is 1. The fraction of sp³-hybridized carbons (Fsp3) is 0.227. The van der Waals surface area contributed by atoms with Crippen LogP contribution in [0.1, 0.15) is 24.1 Å². The van der Waals surface area contributed by atoms with Crippen LogP contribution in [0, 0.1) is 6.92 Å². The topological polar surface area (TPSA) is 82.7 Å². The van der Waals surface area contributed by atoms with Crippen molar-refractivity contribution in [1.82, 2.24) is 10.2 Å². The largest absolute Gasteiger partial charge is 0.466 e. The van der Waals surface area contributed by atoms with Crippen molar-refractivity contribution in [2.75, 3.05) is 24.8 Å². The molecule has 1 aliphatic heterocycles. The van der Waals surface area contributed by atoms with Gasteiger partial charge in [0.2, 0.25) is 0 Å². The molecule has 3 N–H and O–H groups in total. The fourth-order valence-electron chi connectivity index (χ4n) is 3.18. The second kappa shape index (κ2) is 9.36. The molecular formula is C22H23ClN4O3S. The summed E-state index contributed by atoms with van der Waals surface area (Å²) in [6, 6.07) is 11.6. The van der Waals surface area contributed by atoms with Crippen LogP contribution in [0.3, 0.4) is 0 Å². The molecule has 3 rings (SSSR count). The average Bonchev–Trinajstić information content (AvgIpc) is 2.74. The number of nitrogens with zero attached hydrogens (tertiary/aromatic N) is 1. The summed E-state index contributed by atoms with van der Waals surface area (Å²) in [4.78, 5) is 26.4. The second-order valence-electron chi connectivity index (χ2n) is 7.10. The monoisotopic (exact) mass is 458 g/mol. The number of anilines is 2. The average molecular weight is 459 g/mol. The predicted octanol–water partition coefficient (Wildman–Crippen LogP) is 4.60. The molecule has 0 spiro atoms. The Balaban J connectivity index is 1.75. The number of amides is 2. The highest BCUT2D eigenvalue weighted by Gasteiger charge is 2.33. The highest BCUT2D eigenvalue weighted by molar-refractivity contribution is 7.80. The van der Waals surface area contributed by atoms with Crippen molar-refractivity contribution in [3.63, 3.8) is 0 Å². The Morgan fingerprint density at radius 2 is 1.71 bits per heavy atom. The van der Waals surface area contributed by atoms with Crippen LogP contribution < -0.4 is 16.0 Å². The maximum Gasteiger partial charge on any atom is 0.337 e. The molecule has 162 valence electrons. The summed E-state index contributed by atoms with van der Waals surface area (Å²) in [7, 11) is 3.14. The van der Waals surface area contributed by atoms with E-state index in [9.17, 15) is 9.59 Å². The number of esters is 1. The quantitative estimate of drug-likeness (QED) is 0.458. The van der Waals surface area contributed by atoms with Gasteiger partial charge in [-0.2, -0.15) is 0 Å². The van der Waals surface area contributed by atoms with Gasteiger partial charge in [0.1, 0.15) is 0 Å². The minimum absolute atomic E-state index is 0.391. The van der Waals surface area contributed by atoms with Crippen molar-refractivity contribution in [1.29, 1.82) is 0 Å². The molecule has 2 amide bonds. The third-order valence-corrected chi connectivity index (χ3v) is 5.89. The van der Waals surface area contributed by atoms with E-state index in [1.165, 1.54) is 7.11 Å². The number of hydrogen-bond acceptors (Lipinski definition) is 4. The molecule has 1 atom stereocenters. The minimum atomic E-state index is -0.450. The van der Waals surface area contributed by atoms with Crippen LogP contribution in [0.4, 0.5) is 16.2 Å². The van der Waals surface area contributed by atoms with Crippen LogP contribution in [-0.4, -0.2) is 36.2 Å². The normalized spacial score (nSPS) is 16.0. The number of carbonyl (C=O) groups is 2. The van der Waals surface area contributed by atoms with E-state index in [1.54, 1.807) is 36.2 Å². The number of ether oxygens (including phenoxy) is 1. The van der Waals surface area contributed by atoms with E-state index in [0.717, 1.165) is 16.8 Å². The maximum absolute atomic E-state index is 12.4. The van der Waals surface area contributed by atoms with Gasteiger partial charge in [-0.05, 0) is 61.5 Å². The van der Waals surface area contributed by atoms with E-state index in [-0.39, 0.29) is 0 Å². The summed E-state index contributed by atoms with van der Waals surface area (Å²) in [6.45, 7) is 3.71. The number of methoxy groups -OCH3 is 1. The highest BCUT2D eigenvalue weighted by Crippen LogP contribution is 2.31. The molecule has 7 nitrogen and oxygen atoms in total. The summed E-state index contributed by atoms with van der Waals surface area (Å²) < 4.78 is 4.96. The van der Waals surface area contributed by atoms with Crippen molar-refractivity contribution in [3.8, 4) is 0 Å². The van der Waals surface area contributed by atoms with Crippen LogP contribution in [0.15, 0.2) is 53.7 Å². The standard InChI is InChI=1S/C22H23ClN4O3S/c1-12-5-8-16(11-17(12)23)25-21(29)24-15-9-6-14(7-10-15)19-18(20(28)30-4)13(2)27(3)22(31)26-19/h5-11,19H,1-4H3,(H,26,31)(H2,24,25,29). The van der Waals surface area contributed by atoms with E-state index < -0.39 is 18.0 Å².